The van der Waals surface area contributed by atoms with Gasteiger partial charge in [0.2, 0.25) is 17.5 Å². The predicted molar refractivity (Wildman–Crippen MR) is 135 cm³/mol. The lowest BCUT2D eigenvalue weighted by atomic mass is 9.78. The molecule has 40 heavy (non-hydrogen) atoms. The molecule has 0 unspecified atom stereocenters. The fraction of sp³-hybridized carbons (Fsp3) is 0.367. The minimum Gasteiger partial charge on any atom is -0.491 e. The van der Waals surface area contributed by atoms with Crippen LogP contribution in [0.4, 0.5) is 26.3 Å². The molecular formula is C30H28F6O4. The van der Waals surface area contributed by atoms with Gasteiger partial charge in [0.25, 0.3) is 0 Å². The van der Waals surface area contributed by atoms with Crippen molar-refractivity contribution in [1.29, 1.82) is 0 Å². The van der Waals surface area contributed by atoms with Gasteiger partial charge in [0.15, 0.2) is 34.7 Å². The summed E-state index contributed by atoms with van der Waals surface area (Å²) >= 11 is 0. The number of hydrogen-bond acceptors (Lipinski definition) is 4. The largest absolute Gasteiger partial charge is 0.491 e. The van der Waals surface area contributed by atoms with E-state index in [1.807, 2.05) is 6.92 Å². The van der Waals surface area contributed by atoms with Crippen molar-refractivity contribution in [1.82, 2.24) is 0 Å². The number of hydrogen-bond donors (Lipinski definition) is 0. The zero-order valence-corrected chi connectivity index (χ0v) is 22.0. The topological polar surface area (TPSA) is 44.8 Å². The fourth-order valence-corrected chi connectivity index (χ4v) is 4.84. The minimum atomic E-state index is -1.53. The predicted octanol–water partition coefficient (Wildman–Crippen LogP) is 8.26. The quantitative estimate of drug-likeness (QED) is 0.149. The van der Waals surface area contributed by atoms with Crippen molar-refractivity contribution in [3.05, 3.63) is 76.9 Å². The third-order valence-electron chi connectivity index (χ3n) is 6.93. The lowest BCUT2D eigenvalue weighted by Crippen LogP contribution is -2.26. The van der Waals surface area contributed by atoms with Crippen molar-refractivity contribution in [2.75, 3.05) is 13.2 Å². The Morgan fingerprint density at radius 1 is 0.675 bits per heavy atom. The van der Waals surface area contributed by atoms with E-state index in [0.717, 1.165) is 24.3 Å². The zero-order chi connectivity index (χ0) is 29.0. The maximum Gasteiger partial charge on any atom is 0.314 e. The second-order valence-electron chi connectivity index (χ2n) is 9.51. The first-order chi connectivity index (χ1) is 19.2. The molecule has 214 valence electrons. The van der Waals surface area contributed by atoms with Gasteiger partial charge in [-0.2, -0.15) is 13.2 Å². The highest BCUT2D eigenvalue weighted by Crippen LogP contribution is 2.40. The Balaban J connectivity index is 1.43. The summed E-state index contributed by atoms with van der Waals surface area (Å²) in [5.74, 6) is -10.9. The molecule has 0 heterocycles. The molecule has 1 aliphatic carbocycles. The molecule has 10 heteroatoms. The van der Waals surface area contributed by atoms with Crippen molar-refractivity contribution >= 4 is 5.97 Å². The van der Waals surface area contributed by atoms with Gasteiger partial charge in [-0.15, -0.1) is 0 Å². The van der Waals surface area contributed by atoms with Crippen LogP contribution in [-0.2, 0) is 4.79 Å². The number of carbonyl (C=O) groups is 1. The molecule has 0 N–H and O–H groups in total. The van der Waals surface area contributed by atoms with Gasteiger partial charge in [0.1, 0.15) is 0 Å². The summed E-state index contributed by atoms with van der Waals surface area (Å²) < 4.78 is 103. The van der Waals surface area contributed by atoms with E-state index in [9.17, 15) is 31.1 Å². The maximum absolute atomic E-state index is 14.8. The molecule has 0 bridgehead atoms. The van der Waals surface area contributed by atoms with E-state index in [-0.39, 0.29) is 49.0 Å². The van der Waals surface area contributed by atoms with Gasteiger partial charge in [-0.3, -0.25) is 4.79 Å². The molecule has 0 aromatic heterocycles. The van der Waals surface area contributed by atoms with E-state index < -0.39 is 63.7 Å². The van der Waals surface area contributed by atoms with Crippen molar-refractivity contribution in [3.63, 3.8) is 0 Å². The Morgan fingerprint density at radius 2 is 1.20 bits per heavy atom. The van der Waals surface area contributed by atoms with E-state index in [1.165, 1.54) is 12.1 Å². The molecule has 1 fully saturated rings. The Bertz CT molecular complexity index is 1390. The van der Waals surface area contributed by atoms with Crippen molar-refractivity contribution in [2.45, 2.75) is 51.9 Å². The molecule has 3 aromatic carbocycles. The minimum absolute atomic E-state index is 0.0809. The van der Waals surface area contributed by atoms with E-state index >= 15 is 0 Å². The van der Waals surface area contributed by atoms with E-state index in [4.69, 9.17) is 14.2 Å². The molecule has 4 nitrogen and oxygen atoms in total. The van der Waals surface area contributed by atoms with Crippen LogP contribution in [0.2, 0.25) is 0 Å². The second-order valence-corrected chi connectivity index (χ2v) is 9.51. The van der Waals surface area contributed by atoms with Gasteiger partial charge in [0, 0.05) is 11.1 Å². The summed E-state index contributed by atoms with van der Waals surface area (Å²) in [6, 6.07) is 6.98. The molecule has 0 atom stereocenters. The molecule has 1 saturated carbocycles. The monoisotopic (exact) mass is 566 g/mol. The Hall–Kier alpha value is -3.69. The molecule has 3 aromatic rings. The van der Waals surface area contributed by atoms with Crippen LogP contribution in [0.1, 0.15) is 57.4 Å². The van der Waals surface area contributed by atoms with Crippen LogP contribution in [0.25, 0.3) is 11.1 Å². The first-order valence-corrected chi connectivity index (χ1v) is 13.1. The van der Waals surface area contributed by atoms with E-state index in [2.05, 4.69) is 0 Å². The first-order valence-electron chi connectivity index (χ1n) is 13.1. The number of benzene rings is 3. The Morgan fingerprint density at radius 3 is 1.80 bits per heavy atom. The molecule has 0 saturated heterocycles. The summed E-state index contributed by atoms with van der Waals surface area (Å²) in [6.07, 6.45) is 1.87. The van der Waals surface area contributed by atoms with Crippen LogP contribution in [0.15, 0.2) is 36.4 Å². The lowest BCUT2D eigenvalue weighted by Gasteiger charge is -2.28. The smallest absolute Gasteiger partial charge is 0.314 e. The number of rotatable bonds is 9. The van der Waals surface area contributed by atoms with Crippen molar-refractivity contribution < 1.29 is 45.3 Å². The number of carbonyl (C=O) groups excluding carboxylic acids is 1. The van der Waals surface area contributed by atoms with Gasteiger partial charge in [-0.1, -0.05) is 13.0 Å². The summed E-state index contributed by atoms with van der Waals surface area (Å²) in [5, 5.41) is 0. The summed E-state index contributed by atoms with van der Waals surface area (Å²) in [4.78, 5) is 12.7. The fourth-order valence-electron chi connectivity index (χ4n) is 4.84. The summed E-state index contributed by atoms with van der Waals surface area (Å²) in [5.41, 5.74) is -0.894. The van der Waals surface area contributed by atoms with Crippen LogP contribution >= 0.6 is 0 Å². The van der Waals surface area contributed by atoms with Gasteiger partial charge < -0.3 is 14.2 Å². The van der Waals surface area contributed by atoms with E-state index in [1.54, 1.807) is 6.92 Å². The average Bonchev–Trinajstić information content (AvgIpc) is 2.95. The summed E-state index contributed by atoms with van der Waals surface area (Å²) in [7, 11) is 0. The van der Waals surface area contributed by atoms with Gasteiger partial charge in [0.05, 0.1) is 19.1 Å². The van der Waals surface area contributed by atoms with E-state index in [0.29, 0.717) is 19.3 Å². The second kappa shape index (κ2) is 12.7. The third-order valence-corrected chi connectivity index (χ3v) is 6.93. The Labute approximate surface area is 227 Å². The highest BCUT2D eigenvalue weighted by atomic mass is 19.2. The SMILES string of the molecule is CCCOc1ccc(C2CCC(C(=O)Oc3ccc(-c4ccc(OCC)c(F)c4F)c(F)c3F)CC2)c(F)c1F. The van der Waals surface area contributed by atoms with Gasteiger partial charge >= 0.3 is 5.97 Å². The maximum atomic E-state index is 14.8. The van der Waals surface area contributed by atoms with Crippen LogP contribution < -0.4 is 14.2 Å². The molecule has 0 amide bonds. The number of halogens is 6. The van der Waals surface area contributed by atoms with Crippen LogP contribution in [0.3, 0.4) is 0 Å². The average molecular weight is 567 g/mol. The molecular weight excluding hydrogens is 538 g/mol. The van der Waals surface area contributed by atoms with Crippen LogP contribution in [0.5, 0.6) is 17.2 Å². The molecule has 0 spiro atoms. The van der Waals surface area contributed by atoms with Crippen LogP contribution in [0, 0.1) is 40.8 Å². The highest BCUT2D eigenvalue weighted by Gasteiger charge is 2.32. The van der Waals surface area contributed by atoms with Crippen molar-refractivity contribution in [2.24, 2.45) is 5.92 Å². The molecule has 4 rings (SSSR count). The highest BCUT2D eigenvalue weighted by molar-refractivity contribution is 5.76. The van der Waals surface area contributed by atoms with Gasteiger partial charge in [-0.25, -0.2) is 13.2 Å². The summed E-state index contributed by atoms with van der Waals surface area (Å²) in [6.45, 7) is 3.76. The zero-order valence-electron chi connectivity index (χ0n) is 22.0. The Kier molecular flexibility index (Phi) is 9.27. The molecule has 0 aliphatic heterocycles. The number of esters is 1. The standard InChI is InChI=1S/C30H28F6O4/c1-3-15-39-22-12-9-18(24(31)28(22)35)16-5-7-17(8-6-16)30(37)40-23-14-11-20(26(33)29(23)36)19-10-13-21(38-4-2)27(34)25(19)32/h9-14,16-17H,3-8,15H2,1-2H3. The van der Waals surface area contributed by atoms with Crippen LogP contribution in [-0.4, -0.2) is 19.2 Å². The number of ether oxygens (including phenoxy) is 3. The lowest BCUT2D eigenvalue weighted by molar-refractivity contribution is -0.140. The third kappa shape index (κ3) is 5.90. The first kappa shape index (κ1) is 29.3. The molecule has 0 radical (unpaired) electrons. The normalized spacial score (nSPS) is 17.0. The molecule has 1 aliphatic rings. The van der Waals surface area contributed by atoms with Gasteiger partial charge in [-0.05, 0) is 80.8 Å². The van der Waals surface area contributed by atoms with Crippen molar-refractivity contribution in [3.8, 4) is 28.4 Å².